The molecule has 6 nitrogen and oxygen atoms in total. The average Bonchev–Trinajstić information content (AvgIpc) is 3.07. The first-order valence-electron chi connectivity index (χ1n) is 7.48. The summed E-state index contributed by atoms with van der Waals surface area (Å²) in [5.74, 6) is 0.359. The number of ether oxygens (including phenoxy) is 1. The molecule has 7 heteroatoms. The minimum atomic E-state index is -0.334. The van der Waals surface area contributed by atoms with Gasteiger partial charge < -0.3 is 20.3 Å². The summed E-state index contributed by atoms with van der Waals surface area (Å²) in [5, 5.41) is 7.54. The number of rotatable bonds is 6. The van der Waals surface area contributed by atoms with Crippen LogP contribution in [-0.4, -0.2) is 44.6 Å². The molecule has 0 aliphatic heterocycles. The van der Waals surface area contributed by atoms with Crippen molar-refractivity contribution in [2.24, 2.45) is 0 Å². The monoisotopic (exact) mass is 347 g/mol. The van der Waals surface area contributed by atoms with Gasteiger partial charge in [0.2, 0.25) is 0 Å². The second kappa shape index (κ2) is 8.35. The third-order valence-electron chi connectivity index (χ3n) is 3.34. The number of methoxy groups -OCH3 is 1. The highest BCUT2D eigenvalue weighted by Gasteiger charge is 2.13. The lowest BCUT2D eigenvalue weighted by Crippen LogP contribution is -2.30. The highest BCUT2D eigenvalue weighted by molar-refractivity contribution is 7.09. The summed E-state index contributed by atoms with van der Waals surface area (Å²) in [6.07, 6.45) is 0.779. The molecule has 0 fully saturated rings. The Labute approximate surface area is 145 Å². The number of nitrogens with zero attached hydrogens (tertiary/aromatic N) is 1. The molecular weight excluding hydrogens is 326 g/mol. The first kappa shape index (κ1) is 17.8. The standard InChI is InChI=1S/C17H21N3O3S/c1-20(2)16(21)12-6-7-15(23-3)14(11-12)19-17(22)18-9-8-13-5-4-10-24-13/h4-7,10-11H,8-9H2,1-3H3,(H2,18,19,22). The molecule has 2 rings (SSSR count). The van der Waals surface area contributed by atoms with Gasteiger partial charge in [-0.1, -0.05) is 6.07 Å². The van der Waals surface area contributed by atoms with Crippen LogP contribution in [-0.2, 0) is 6.42 Å². The fourth-order valence-corrected chi connectivity index (χ4v) is 2.83. The van der Waals surface area contributed by atoms with E-state index in [0.29, 0.717) is 23.5 Å². The molecule has 0 saturated carbocycles. The summed E-state index contributed by atoms with van der Waals surface area (Å²) in [4.78, 5) is 26.8. The lowest BCUT2D eigenvalue weighted by molar-refractivity contribution is 0.0827. The van der Waals surface area contributed by atoms with Crippen LogP contribution in [0.4, 0.5) is 10.5 Å². The molecule has 0 spiro atoms. The number of carbonyl (C=O) groups excluding carboxylic acids is 2. The van der Waals surface area contributed by atoms with Gasteiger partial charge in [-0.05, 0) is 36.1 Å². The van der Waals surface area contributed by atoms with E-state index in [-0.39, 0.29) is 11.9 Å². The molecule has 2 aromatic rings. The number of urea groups is 1. The molecular formula is C17H21N3O3S. The van der Waals surface area contributed by atoms with Crippen LogP contribution in [0.15, 0.2) is 35.7 Å². The minimum Gasteiger partial charge on any atom is -0.495 e. The zero-order chi connectivity index (χ0) is 17.5. The van der Waals surface area contributed by atoms with Gasteiger partial charge in [0.25, 0.3) is 5.91 Å². The molecule has 1 aromatic heterocycles. The average molecular weight is 347 g/mol. The predicted molar refractivity (Wildman–Crippen MR) is 96.1 cm³/mol. The quantitative estimate of drug-likeness (QED) is 0.844. The lowest BCUT2D eigenvalue weighted by atomic mass is 10.1. The number of nitrogens with one attached hydrogen (secondary N) is 2. The van der Waals surface area contributed by atoms with Gasteiger partial charge in [-0.15, -0.1) is 11.3 Å². The molecule has 0 aliphatic carbocycles. The fraction of sp³-hybridized carbons (Fsp3) is 0.294. The minimum absolute atomic E-state index is 0.140. The van der Waals surface area contributed by atoms with Gasteiger partial charge in [-0.2, -0.15) is 0 Å². The molecule has 2 N–H and O–H groups in total. The van der Waals surface area contributed by atoms with Crippen LogP contribution < -0.4 is 15.4 Å². The van der Waals surface area contributed by atoms with Gasteiger partial charge in [0.05, 0.1) is 12.8 Å². The third kappa shape index (κ3) is 4.73. The second-order valence-electron chi connectivity index (χ2n) is 5.32. The van der Waals surface area contributed by atoms with Gasteiger partial charge in [0.15, 0.2) is 0 Å². The van der Waals surface area contributed by atoms with E-state index < -0.39 is 0 Å². The highest BCUT2D eigenvalue weighted by Crippen LogP contribution is 2.25. The van der Waals surface area contributed by atoms with Crippen LogP contribution in [0.5, 0.6) is 5.75 Å². The van der Waals surface area contributed by atoms with Crippen molar-refractivity contribution < 1.29 is 14.3 Å². The first-order chi connectivity index (χ1) is 11.5. The second-order valence-corrected chi connectivity index (χ2v) is 6.36. The summed E-state index contributed by atoms with van der Waals surface area (Å²) < 4.78 is 5.24. The Morgan fingerprint density at radius 1 is 1.25 bits per heavy atom. The highest BCUT2D eigenvalue weighted by atomic mass is 32.1. The van der Waals surface area contributed by atoms with Crippen molar-refractivity contribution in [3.05, 3.63) is 46.2 Å². The van der Waals surface area contributed by atoms with Crippen LogP contribution in [0.2, 0.25) is 0 Å². The Morgan fingerprint density at radius 2 is 2.04 bits per heavy atom. The zero-order valence-electron chi connectivity index (χ0n) is 14.0. The summed E-state index contributed by atoms with van der Waals surface area (Å²) in [6, 6.07) is 8.63. The van der Waals surface area contributed by atoms with E-state index in [1.54, 1.807) is 43.6 Å². The number of hydrogen-bond acceptors (Lipinski definition) is 4. The van der Waals surface area contributed by atoms with E-state index >= 15 is 0 Å². The summed E-state index contributed by atoms with van der Waals surface area (Å²) in [5.41, 5.74) is 0.938. The molecule has 0 radical (unpaired) electrons. The van der Waals surface area contributed by atoms with Crippen LogP contribution in [0, 0.1) is 0 Å². The molecule has 0 saturated heterocycles. The number of amides is 3. The maximum absolute atomic E-state index is 12.1. The molecule has 24 heavy (non-hydrogen) atoms. The van der Waals surface area contributed by atoms with Gasteiger partial charge >= 0.3 is 6.03 Å². The van der Waals surface area contributed by atoms with Crippen LogP contribution in [0.25, 0.3) is 0 Å². The van der Waals surface area contributed by atoms with Gasteiger partial charge in [0, 0.05) is 31.1 Å². The van der Waals surface area contributed by atoms with E-state index in [1.807, 2.05) is 17.5 Å². The number of benzene rings is 1. The van der Waals surface area contributed by atoms with E-state index in [4.69, 9.17) is 4.74 Å². The van der Waals surface area contributed by atoms with E-state index in [2.05, 4.69) is 10.6 Å². The maximum atomic E-state index is 12.1. The molecule has 3 amide bonds. The topological polar surface area (TPSA) is 70.7 Å². The Bertz CT molecular complexity index is 699. The molecule has 0 aliphatic rings. The van der Waals surface area contributed by atoms with Crippen LogP contribution in [0.3, 0.4) is 0 Å². The number of carbonyl (C=O) groups is 2. The fourth-order valence-electron chi connectivity index (χ4n) is 2.12. The zero-order valence-corrected chi connectivity index (χ0v) is 14.8. The van der Waals surface area contributed by atoms with E-state index in [1.165, 1.54) is 16.9 Å². The van der Waals surface area contributed by atoms with E-state index in [0.717, 1.165) is 6.42 Å². The van der Waals surface area contributed by atoms with Crippen LogP contribution >= 0.6 is 11.3 Å². The first-order valence-corrected chi connectivity index (χ1v) is 8.36. The van der Waals surface area contributed by atoms with Gasteiger partial charge in [-0.3, -0.25) is 4.79 Å². The molecule has 1 heterocycles. The van der Waals surface area contributed by atoms with Crippen molar-refractivity contribution in [1.82, 2.24) is 10.2 Å². The molecule has 0 atom stereocenters. The Kier molecular flexibility index (Phi) is 6.20. The summed E-state index contributed by atoms with van der Waals surface area (Å²) >= 11 is 1.66. The largest absolute Gasteiger partial charge is 0.495 e. The van der Waals surface area contributed by atoms with Crippen LogP contribution in [0.1, 0.15) is 15.2 Å². The summed E-state index contributed by atoms with van der Waals surface area (Å²) in [6.45, 7) is 0.533. The Balaban J connectivity index is 1.99. The SMILES string of the molecule is COc1ccc(C(=O)N(C)C)cc1NC(=O)NCCc1cccs1. The Morgan fingerprint density at radius 3 is 2.67 bits per heavy atom. The number of hydrogen-bond donors (Lipinski definition) is 2. The van der Waals surface area contributed by atoms with Crippen molar-refractivity contribution in [2.45, 2.75) is 6.42 Å². The smallest absolute Gasteiger partial charge is 0.319 e. The molecule has 0 bridgehead atoms. The number of thiophene rings is 1. The van der Waals surface area contributed by atoms with Crippen molar-refractivity contribution in [2.75, 3.05) is 33.1 Å². The molecule has 128 valence electrons. The summed E-state index contributed by atoms with van der Waals surface area (Å²) in [7, 11) is 4.87. The van der Waals surface area contributed by atoms with Crippen molar-refractivity contribution in [1.29, 1.82) is 0 Å². The van der Waals surface area contributed by atoms with Gasteiger partial charge in [0.1, 0.15) is 5.75 Å². The third-order valence-corrected chi connectivity index (χ3v) is 4.27. The lowest BCUT2D eigenvalue weighted by Gasteiger charge is -2.14. The molecule has 1 aromatic carbocycles. The van der Waals surface area contributed by atoms with Gasteiger partial charge in [-0.25, -0.2) is 4.79 Å². The Hall–Kier alpha value is -2.54. The van der Waals surface area contributed by atoms with Crippen molar-refractivity contribution in [3.63, 3.8) is 0 Å². The normalized spacial score (nSPS) is 10.1. The number of anilines is 1. The van der Waals surface area contributed by atoms with E-state index in [9.17, 15) is 9.59 Å². The molecule has 0 unspecified atom stereocenters. The van der Waals surface area contributed by atoms with Crippen molar-refractivity contribution in [3.8, 4) is 5.75 Å². The maximum Gasteiger partial charge on any atom is 0.319 e. The van der Waals surface area contributed by atoms with Crippen molar-refractivity contribution >= 4 is 29.0 Å². The predicted octanol–water partition coefficient (Wildman–Crippen LogP) is 2.82.